The number of hydrogen-bond acceptors (Lipinski definition) is 4. The molecule has 5 heteroatoms. The maximum absolute atomic E-state index is 12.8. The van der Waals surface area contributed by atoms with E-state index in [1.54, 1.807) is 12.4 Å². The van der Waals surface area contributed by atoms with Gasteiger partial charge in [-0.2, -0.15) is 0 Å². The summed E-state index contributed by atoms with van der Waals surface area (Å²) in [5, 5.41) is 3.06. The second-order valence-electron chi connectivity index (χ2n) is 6.92. The van der Waals surface area contributed by atoms with E-state index < -0.39 is 0 Å². The number of nitrogens with zero attached hydrogens (tertiary/aromatic N) is 2. The molecule has 1 atom stereocenters. The van der Waals surface area contributed by atoms with Crippen LogP contribution in [0.2, 0.25) is 0 Å². The molecule has 1 fully saturated rings. The lowest BCUT2D eigenvalue weighted by atomic mass is 10.0. The standard InChI is InChI=1S/C22H27N3O2/c1-3-17(2)16-25-14-5-4-8-21(25)22(26)24-18-9-11-19(12-10-18)27-20-7-6-13-23-15-20/h3,6-7,9-13,15,21H,4-5,8,14,16H2,1-2H3,(H,24,26)/b17-3+/t21-/m0/s1. The third kappa shape index (κ3) is 5.41. The highest BCUT2D eigenvalue weighted by Crippen LogP contribution is 2.24. The minimum absolute atomic E-state index is 0.0690. The fourth-order valence-corrected chi connectivity index (χ4v) is 3.26. The van der Waals surface area contributed by atoms with Crippen LogP contribution in [-0.2, 0) is 4.79 Å². The van der Waals surface area contributed by atoms with Crippen molar-refractivity contribution in [1.29, 1.82) is 0 Å². The highest BCUT2D eigenvalue weighted by atomic mass is 16.5. The molecule has 5 nitrogen and oxygen atoms in total. The van der Waals surface area contributed by atoms with Gasteiger partial charge in [-0.05, 0) is 69.6 Å². The van der Waals surface area contributed by atoms with Gasteiger partial charge in [0.2, 0.25) is 5.91 Å². The molecule has 0 unspecified atom stereocenters. The lowest BCUT2D eigenvalue weighted by Crippen LogP contribution is -2.47. The Morgan fingerprint density at radius 1 is 1.26 bits per heavy atom. The van der Waals surface area contributed by atoms with Crippen LogP contribution in [0.5, 0.6) is 11.5 Å². The van der Waals surface area contributed by atoms with E-state index in [1.165, 1.54) is 5.57 Å². The Morgan fingerprint density at radius 3 is 2.78 bits per heavy atom. The first kappa shape index (κ1) is 19.1. The number of carbonyl (C=O) groups excluding carboxylic acids is 1. The highest BCUT2D eigenvalue weighted by molar-refractivity contribution is 5.95. The number of amides is 1. The van der Waals surface area contributed by atoms with Crippen molar-refractivity contribution >= 4 is 11.6 Å². The van der Waals surface area contributed by atoms with Crippen LogP contribution in [0.25, 0.3) is 0 Å². The summed E-state index contributed by atoms with van der Waals surface area (Å²) in [5.41, 5.74) is 2.08. The van der Waals surface area contributed by atoms with Crippen molar-refractivity contribution in [2.75, 3.05) is 18.4 Å². The van der Waals surface area contributed by atoms with Gasteiger partial charge in [-0.15, -0.1) is 0 Å². The Kier molecular flexibility index (Phi) is 6.60. The van der Waals surface area contributed by atoms with Crippen LogP contribution < -0.4 is 10.1 Å². The Hall–Kier alpha value is -2.66. The average Bonchev–Trinajstić information content (AvgIpc) is 2.70. The van der Waals surface area contributed by atoms with E-state index in [9.17, 15) is 4.79 Å². The first-order valence-electron chi connectivity index (χ1n) is 9.50. The molecule has 1 aromatic carbocycles. The quantitative estimate of drug-likeness (QED) is 0.758. The van der Waals surface area contributed by atoms with Gasteiger partial charge in [-0.3, -0.25) is 14.7 Å². The summed E-state index contributed by atoms with van der Waals surface area (Å²) in [7, 11) is 0. The minimum Gasteiger partial charge on any atom is -0.456 e. The fraction of sp³-hybridized carbons (Fsp3) is 0.364. The summed E-state index contributed by atoms with van der Waals surface area (Å²) in [5.74, 6) is 1.47. The number of nitrogens with one attached hydrogen (secondary N) is 1. The van der Waals surface area contributed by atoms with E-state index in [-0.39, 0.29) is 11.9 Å². The number of piperidine rings is 1. The largest absolute Gasteiger partial charge is 0.456 e. The van der Waals surface area contributed by atoms with E-state index in [0.717, 1.165) is 38.0 Å². The normalized spacial score (nSPS) is 18.1. The van der Waals surface area contributed by atoms with Gasteiger partial charge in [0.15, 0.2) is 0 Å². The molecule has 1 saturated heterocycles. The van der Waals surface area contributed by atoms with Gasteiger partial charge in [-0.1, -0.05) is 18.1 Å². The van der Waals surface area contributed by atoms with Crippen molar-refractivity contribution in [2.24, 2.45) is 0 Å². The number of likely N-dealkylation sites (tertiary alicyclic amines) is 1. The number of aromatic nitrogens is 1. The molecule has 0 spiro atoms. The molecular weight excluding hydrogens is 338 g/mol. The van der Waals surface area contributed by atoms with E-state index >= 15 is 0 Å². The van der Waals surface area contributed by atoms with Gasteiger partial charge in [0.1, 0.15) is 11.5 Å². The molecule has 2 heterocycles. The van der Waals surface area contributed by atoms with Gasteiger partial charge in [0, 0.05) is 18.4 Å². The number of carbonyl (C=O) groups is 1. The predicted molar refractivity (Wildman–Crippen MR) is 108 cm³/mol. The van der Waals surface area contributed by atoms with Crippen LogP contribution in [0, 0.1) is 0 Å². The summed E-state index contributed by atoms with van der Waals surface area (Å²) in [6, 6.07) is 11.1. The van der Waals surface area contributed by atoms with Crippen molar-refractivity contribution in [3.8, 4) is 11.5 Å². The van der Waals surface area contributed by atoms with Crippen LogP contribution >= 0.6 is 0 Å². The van der Waals surface area contributed by atoms with E-state index in [4.69, 9.17) is 4.74 Å². The zero-order chi connectivity index (χ0) is 19.1. The van der Waals surface area contributed by atoms with Crippen molar-refractivity contribution < 1.29 is 9.53 Å². The van der Waals surface area contributed by atoms with Crippen LogP contribution in [0.1, 0.15) is 33.1 Å². The minimum atomic E-state index is -0.0695. The number of pyridine rings is 1. The third-order valence-corrected chi connectivity index (χ3v) is 4.85. The van der Waals surface area contributed by atoms with Crippen molar-refractivity contribution in [1.82, 2.24) is 9.88 Å². The molecule has 0 radical (unpaired) electrons. The molecule has 2 aromatic rings. The van der Waals surface area contributed by atoms with Crippen LogP contribution in [-0.4, -0.2) is 34.9 Å². The number of rotatable bonds is 6. The van der Waals surface area contributed by atoms with Gasteiger partial charge in [0.05, 0.1) is 12.2 Å². The molecule has 1 aliphatic rings. The van der Waals surface area contributed by atoms with Crippen molar-refractivity contribution in [3.05, 3.63) is 60.4 Å². The third-order valence-electron chi connectivity index (χ3n) is 4.85. The van der Waals surface area contributed by atoms with Crippen molar-refractivity contribution in [2.45, 2.75) is 39.2 Å². The maximum atomic E-state index is 12.8. The molecule has 1 N–H and O–H groups in total. The average molecular weight is 365 g/mol. The number of ether oxygens (including phenoxy) is 1. The molecule has 0 aliphatic carbocycles. The second-order valence-corrected chi connectivity index (χ2v) is 6.92. The van der Waals surface area contributed by atoms with Crippen molar-refractivity contribution in [3.63, 3.8) is 0 Å². The topological polar surface area (TPSA) is 54.5 Å². The second kappa shape index (κ2) is 9.33. The molecule has 27 heavy (non-hydrogen) atoms. The van der Waals surface area contributed by atoms with Crippen LogP contribution in [0.3, 0.4) is 0 Å². The number of hydrogen-bond donors (Lipinski definition) is 1. The lowest BCUT2D eigenvalue weighted by Gasteiger charge is -2.34. The summed E-state index contributed by atoms with van der Waals surface area (Å²) in [6.45, 7) is 5.99. The molecule has 1 aliphatic heterocycles. The summed E-state index contributed by atoms with van der Waals surface area (Å²) >= 11 is 0. The summed E-state index contributed by atoms with van der Waals surface area (Å²) in [4.78, 5) is 19.1. The SMILES string of the molecule is C/C=C(\C)CN1CCCC[C@H]1C(=O)Nc1ccc(Oc2cccnc2)cc1. The molecule has 1 amide bonds. The molecule has 142 valence electrons. The lowest BCUT2D eigenvalue weighted by molar-refractivity contribution is -0.122. The molecular formula is C22H27N3O2. The van der Waals surface area contributed by atoms with Crippen LogP contribution in [0.15, 0.2) is 60.4 Å². The molecule has 0 saturated carbocycles. The number of anilines is 1. The Morgan fingerprint density at radius 2 is 2.07 bits per heavy atom. The molecule has 3 rings (SSSR count). The van der Waals surface area contributed by atoms with Gasteiger partial charge >= 0.3 is 0 Å². The van der Waals surface area contributed by atoms with Gasteiger partial charge in [-0.25, -0.2) is 0 Å². The Balaban J connectivity index is 1.61. The molecule has 0 bridgehead atoms. The van der Waals surface area contributed by atoms with E-state index in [0.29, 0.717) is 11.5 Å². The molecule has 1 aromatic heterocycles. The smallest absolute Gasteiger partial charge is 0.241 e. The first-order valence-corrected chi connectivity index (χ1v) is 9.50. The highest BCUT2D eigenvalue weighted by Gasteiger charge is 2.28. The van der Waals surface area contributed by atoms with Gasteiger partial charge < -0.3 is 10.1 Å². The van der Waals surface area contributed by atoms with Crippen LogP contribution in [0.4, 0.5) is 5.69 Å². The fourth-order valence-electron chi connectivity index (χ4n) is 3.26. The maximum Gasteiger partial charge on any atom is 0.241 e. The first-order chi connectivity index (χ1) is 13.2. The summed E-state index contributed by atoms with van der Waals surface area (Å²) in [6.07, 6.45) is 8.65. The number of allylic oxidation sites excluding steroid dienone is 1. The zero-order valence-electron chi connectivity index (χ0n) is 16.0. The van der Waals surface area contributed by atoms with E-state index in [2.05, 4.69) is 28.2 Å². The van der Waals surface area contributed by atoms with Gasteiger partial charge in [0.25, 0.3) is 0 Å². The number of benzene rings is 1. The zero-order valence-corrected chi connectivity index (χ0v) is 16.0. The Labute approximate surface area is 161 Å². The monoisotopic (exact) mass is 365 g/mol. The predicted octanol–water partition coefficient (Wildman–Crippen LogP) is 4.63. The Bertz CT molecular complexity index is 772. The van der Waals surface area contributed by atoms with E-state index in [1.807, 2.05) is 43.3 Å². The summed E-state index contributed by atoms with van der Waals surface area (Å²) < 4.78 is 5.74.